The Balaban J connectivity index is 1.86. The summed E-state index contributed by atoms with van der Waals surface area (Å²) in [5.41, 5.74) is 2.66. The maximum atomic E-state index is 12.4. The standard InChI is InChI=1S/C18H25NO2/c1-12(2)9-10-19-16-8-7-14-13(15(16)11-18(19)20)5-4-6-17(14)21-3/h4-6,12,15-16H,7-11H2,1-3H3/t15-,16+/m1/s1. The topological polar surface area (TPSA) is 29.5 Å². The molecule has 1 aliphatic carbocycles. The third-order valence-electron chi connectivity index (χ3n) is 5.01. The highest BCUT2D eigenvalue weighted by molar-refractivity contribution is 5.81. The SMILES string of the molecule is COc1cccc2c1CC[C@H]1[C@@H]2CC(=O)N1CCC(C)C. The Morgan fingerprint density at radius 3 is 2.90 bits per heavy atom. The molecule has 0 bridgehead atoms. The highest BCUT2D eigenvalue weighted by Gasteiger charge is 2.43. The molecule has 21 heavy (non-hydrogen) atoms. The summed E-state index contributed by atoms with van der Waals surface area (Å²) in [6.07, 6.45) is 3.86. The fourth-order valence-electron chi connectivity index (χ4n) is 3.89. The third kappa shape index (κ3) is 2.54. The summed E-state index contributed by atoms with van der Waals surface area (Å²) in [4.78, 5) is 14.6. The summed E-state index contributed by atoms with van der Waals surface area (Å²) in [7, 11) is 1.73. The lowest BCUT2D eigenvalue weighted by Crippen LogP contribution is -2.38. The second-order valence-electron chi connectivity index (χ2n) is 6.71. The Bertz CT molecular complexity index is 538. The van der Waals surface area contributed by atoms with E-state index in [1.807, 2.05) is 6.07 Å². The van der Waals surface area contributed by atoms with Gasteiger partial charge in [0, 0.05) is 24.9 Å². The van der Waals surface area contributed by atoms with E-state index in [0.29, 0.717) is 30.2 Å². The molecule has 0 unspecified atom stereocenters. The number of amides is 1. The van der Waals surface area contributed by atoms with E-state index in [0.717, 1.165) is 31.6 Å². The molecule has 1 fully saturated rings. The molecule has 3 rings (SSSR count). The second kappa shape index (κ2) is 5.70. The van der Waals surface area contributed by atoms with Gasteiger partial charge in [0.2, 0.25) is 5.91 Å². The van der Waals surface area contributed by atoms with E-state index in [4.69, 9.17) is 4.74 Å². The fraction of sp³-hybridized carbons (Fsp3) is 0.611. The number of hydrogen-bond donors (Lipinski definition) is 0. The molecule has 1 aliphatic heterocycles. The first-order valence-corrected chi connectivity index (χ1v) is 8.07. The molecule has 3 heteroatoms. The third-order valence-corrected chi connectivity index (χ3v) is 5.01. The van der Waals surface area contributed by atoms with Crippen LogP contribution in [0.3, 0.4) is 0 Å². The van der Waals surface area contributed by atoms with Gasteiger partial charge in [-0.1, -0.05) is 26.0 Å². The molecule has 1 saturated heterocycles. The first-order chi connectivity index (χ1) is 10.1. The molecule has 1 aromatic rings. The molecule has 0 spiro atoms. The minimum absolute atomic E-state index is 0.335. The van der Waals surface area contributed by atoms with E-state index in [2.05, 4.69) is 30.9 Å². The van der Waals surface area contributed by atoms with Crippen molar-refractivity contribution in [2.24, 2.45) is 5.92 Å². The molecule has 3 nitrogen and oxygen atoms in total. The smallest absolute Gasteiger partial charge is 0.223 e. The van der Waals surface area contributed by atoms with Crippen molar-refractivity contribution in [3.63, 3.8) is 0 Å². The zero-order valence-corrected chi connectivity index (χ0v) is 13.3. The number of methoxy groups -OCH3 is 1. The summed E-state index contributed by atoms with van der Waals surface area (Å²) in [6, 6.07) is 6.68. The van der Waals surface area contributed by atoms with Gasteiger partial charge < -0.3 is 9.64 Å². The van der Waals surface area contributed by atoms with Crippen molar-refractivity contribution in [3.8, 4) is 5.75 Å². The molecular weight excluding hydrogens is 262 g/mol. The van der Waals surface area contributed by atoms with Crippen molar-refractivity contribution in [1.82, 2.24) is 4.90 Å². The van der Waals surface area contributed by atoms with Gasteiger partial charge in [-0.05, 0) is 42.4 Å². The van der Waals surface area contributed by atoms with E-state index in [1.165, 1.54) is 11.1 Å². The Morgan fingerprint density at radius 2 is 2.19 bits per heavy atom. The van der Waals surface area contributed by atoms with Gasteiger partial charge in [-0.3, -0.25) is 4.79 Å². The average Bonchev–Trinajstić information content (AvgIpc) is 2.80. The van der Waals surface area contributed by atoms with Crippen LogP contribution in [0.1, 0.15) is 50.2 Å². The second-order valence-corrected chi connectivity index (χ2v) is 6.71. The molecule has 0 radical (unpaired) electrons. The molecule has 1 aromatic carbocycles. The van der Waals surface area contributed by atoms with Crippen LogP contribution in [0.15, 0.2) is 18.2 Å². The van der Waals surface area contributed by atoms with Crippen LogP contribution in [0.4, 0.5) is 0 Å². The molecule has 2 atom stereocenters. The van der Waals surface area contributed by atoms with E-state index in [9.17, 15) is 4.79 Å². The maximum Gasteiger partial charge on any atom is 0.223 e. The van der Waals surface area contributed by atoms with Crippen LogP contribution in [0.2, 0.25) is 0 Å². The van der Waals surface area contributed by atoms with E-state index >= 15 is 0 Å². The zero-order chi connectivity index (χ0) is 15.0. The number of fused-ring (bicyclic) bond motifs is 3. The molecule has 0 aromatic heterocycles. The molecule has 1 amide bonds. The highest BCUT2D eigenvalue weighted by atomic mass is 16.5. The van der Waals surface area contributed by atoms with Crippen molar-refractivity contribution in [1.29, 1.82) is 0 Å². The molecule has 114 valence electrons. The van der Waals surface area contributed by atoms with E-state index in [1.54, 1.807) is 7.11 Å². The minimum atomic E-state index is 0.335. The number of hydrogen-bond acceptors (Lipinski definition) is 2. The van der Waals surface area contributed by atoms with E-state index < -0.39 is 0 Å². The van der Waals surface area contributed by atoms with Gasteiger partial charge in [0.25, 0.3) is 0 Å². The van der Waals surface area contributed by atoms with Crippen LogP contribution in [-0.4, -0.2) is 30.5 Å². The van der Waals surface area contributed by atoms with Crippen LogP contribution >= 0.6 is 0 Å². The van der Waals surface area contributed by atoms with Crippen molar-refractivity contribution < 1.29 is 9.53 Å². The van der Waals surface area contributed by atoms with Gasteiger partial charge in [-0.25, -0.2) is 0 Å². The van der Waals surface area contributed by atoms with Crippen LogP contribution in [0.25, 0.3) is 0 Å². The number of nitrogens with zero attached hydrogens (tertiary/aromatic N) is 1. The highest BCUT2D eigenvalue weighted by Crippen LogP contribution is 2.44. The number of likely N-dealkylation sites (tertiary alicyclic amines) is 1. The van der Waals surface area contributed by atoms with Crippen molar-refractivity contribution in [2.75, 3.05) is 13.7 Å². The molecule has 1 heterocycles. The van der Waals surface area contributed by atoms with Crippen LogP contribution in [-0.2, 0) is 11.2 Å². The average molecular weight is 287 g/mol. The number of carbonyl (C=O) groups excluding carboxylic acids is 1. The van der Waals surface area contributed by atoms with Gasteiger partial charge in [-0.15, -0.1) is 0 Å². The Morgan fingerprint density at radius 1 is 1.38 bits per heavy atom. The predicted octanol–water partition coefficient (Wildman–Crippen LogP) is 3.37. The molecule has 0 N–H and O–H groups in total. The molecule has 2 aliphatic rings. The van der Waals surface area contributed by atoms with E-state index in [-0.39, 0.29) is 0 Å². The fourth-order valence-corrected chi connectivity index (χ4v) is 3.89. The first-order valence-electron chi connectivity index (χ1n) is 8.07. The monoisotopic (exact) mass is 287 g/mol. The summed E-state index contributed by atoms with van der Waals surface area (Å²) in [6.45, 7) is 5.36. The van der Waals surface area contributed by atoms with Crippen molar-refractivity contribution >= 4 is 5.91 Å². The number of carbonyl (C=O) groups is 1. The molecule has 0 saturated carbocycles. The van der Waals surface area contributed by atoms with Gasteiger partial charge in [0.05, 0.1) is 7.11 Å². The molecular formula is C18H25NO2. The Labute approximate surface area is 127 Å². The predicted molar refractivity (Wildman–Crippen MR) is 83.6 cm³/mol. The lowest BCUT2D eigenvalue weighted by atomic mass is 9.79. The summed E-state index contributed by atoms with van der Waals surface area (Å²) >= 11 is 0. The van der Waals surface area contributed by atoms with Crippen LogP contribution < -0.4 is 4.74 Å². The van der Waals surface area contributed by atoms with Gasteiger partial charge in [-0.2, -0.15) is 0 Å². The number of ether oxygens (including phenoxy) is 1. The van der Waals surface area contributed by atoms with Gasteiger partial charge in [0.1, 0.15) is 5.75 Å². The van der Waals surface area contributed by atoms with Gasteiger partial charge >= 0.3 is 0 Å². The number of rotatable bonds is 4. The summed E-state index contributed by atoms with van der Waals surface area (Å²) in [5.74, 6) is 2.33. The van der Waals surface area contributed by atoms with Crippen molar-refractivity contribution in [3.05, 3.63) is 29.3 Å². The quantitative estimate of drug-likeness (QED) is 0.849. The maximum absolute atomic E-state index is 12.4. The summed E-state index contributed by atoms with van der Waals surface area (Å²) in [5, 5.41) is 0. The lowest BCUT2D eigenvalue weighted by Gasteiger charge is -2.34. The Hall–Kier alpha value is -1.51. The zero-order valence-electron chi connectivity index (χ0n) is 13.3. The van der Waals surface area contributed by atoms with Gasteiger partial charge in [0.15, 0.2) is 0 Å². The minimum Gasteiger partial charge on any atom is -0.496 e. The number of benzene rings is 1. The van der Waals surface area contributed by atoms with Crippen LogP contribution in [0.5, 0.6) is 5.75 Å². The summed E-state index contributed by atoms with van der Waals surface area (Å²) < 4.78 is 5.50. The van der Waals surface area contributed by atoms with Crippen molar-refractivity contribution in [2.45, 2.75) is 51.5 Å². The normalized spacial score (nSPS) is 24.2. The Kier molecular flexibility index (Phi) is 3.92. The lowest BCUT2D eigenvalue weighted by molar-refractivity contribution is -0.129. The first kappa shape index (κ1) is 14.4. The van der Waals surface area contributed by atoms with Crippen LogP contribution in [0, 0.1) is 5.92 Å². The largest absolute Gasteiger partial charge is 0.496 e.